The lowest BCUT2D eigenvalue weighted by Crippen LogP contribution is -2.68. The van der Waals surface area contributed by atoms with Gasteiger partial charge in [0.05, 0.1) is 5.41 Å². The third-order valence-corrected chi connectivity index (χ3v) is 6.15. The van der Waals surface area contributed by atoms with Gasteiger partial charge in [0, 0.05) is 43.7 Å². The quantitative estimate of drug-likeness (QED) is 0.745. The van der Waals surface area contributed by atoms with Gasteiger partial charge in [0.1, 0.15) is 0 Å². The highest BCUT2D eigenvalue weighted by Crippen LogP contribution is 2.38. The molecule has 0 unspecified atom stereocenters. The molecule has 0 aromatic carbocycles. The van der Waals surface area contributed by atoms with Gasteiger partial charge in [-0.3, -0.25) is 4.79 Å². The summed E-state index contributed by atoms with van der Waals surface area (Å²) in [7, 11) is 0. The number of likely N-dealkylation sites (tertiary alicyclic amines) is 1. The molecule has 1 atom stereocenters. The Morgan fingerprint density at radius 3 is 2.24 bits per heavy atom. The fourth-order valence-corrected chi connectivity index (χ4v) is 4.56. The number of carbonyl (C=O) groups is 2. The highest BCUT2D eigenvalue weighted by atomic mass is 32.2. The first kappa shape index (κ1) is 15.0. The topological polar surface area (TPSA) is 52.7 Å². The number of carbonyl (C=O) groups excluding carboxylic acids is 2. The molecule has 0 aromatic heterocycles. The van der Waals surface area contributed by atoms with Crippen molar-refractivity contribution in [2.45, 2.75) is 32.7 Å². The van der Waals surface area contributed by atoms with Gasteiger partial charge in [-0.05, 0) is 32.6 Å². The van der Waals surface area contributed by atoms with Crippen LogP contribution in [0.5, 0.6) is 0 Å². The van der Waals surface area contributed by atoms with Gasteiger partial charge in [-0.15, -0.1) is 0 Å². The smallest absolute Gasteiger partial charge is 0.320 e. The van der Waals surface area contributed by atoms with Gasteiger partial charge >= 0.3 is 6.03 Å². The molecular weight excluding hydrogens is 286 g/mol. The Kier molecular flexibility index (Phi) is 4.08. The van der Waals surface area contributed by atoms with Crippen LogP contribution in [0.2, 0.25) is 0 Å². The predicted molar refractivity (Wildman–Crippen MR) is 84.3 cm³/mol. The van der Waals surface area contributed by atoms with E-state index in [1.807, 2.05) is 35.4 Å². The molecule has 0 saturated carbocycles. The van der Waals surface area contributed by atoms with Crippen molar-refractivity contribution in [1.29, 1.82) is 0 Å². The van der Waals surface area contributed by atoms with Crippen LogP contribution in [0.3, 0.4) is 0 Å². The van der Waals surface area contributed by atoms with Gasteiger partial charge in [0.15, 0.2) is 0 Å². The van der Waals surface area contributed by atoms with Crippen molar-refractivity contribution in [2.75, 3.05) is 37.7 Å². The van der Waals surface area contributed by atoms with Crippen molar-refractivity contribution in [2.24, 2.45) is 11.3 Å². The molecule has 6 heteroatoms. The maximum atomic E-state index is 12.5. The summed E-state index contributed by atoms with van der Waals surface area (Å²) in [4.78, 5) is 28.1. The molecule has 0 spiro atoms. The maximum absolute atomic E-state index is 12.5. The van der Waals surface area contributed by atoms with Crippen molar-refractivity contribution >= 4 is 23.7 Å². The zero-order valence-corrected chi connectivity index (χ0v) is 13.7. The lowest BCUT2D eigenvalue weighted by Gasteiger charge is -2.50. The minimum Gasteiger partial charge on any atom is -0.351 e. The minimum absolute atomic E-state index is 0.164. The molecule has 3 heterocycles. The molecule has 0 aliphatic carbocycles. The molecule has 1 N–H and O–H groups in total. The van der Waals surface area contributed by atoms with Crippen molar-refractivity contribution in [3.8, 4) is 0 Å². The van der Waals surface area contributed by atoms with E-state index in [0.29, 0.717) is 5.92 Å². The first-order valence-electron chi connectivity index (χ1n) is 7.92. The minimum atomic E-state index is -0.235. The zero-order chi connectivity index (χ0) is 15.0. The Morgan fingerprint density at radius 2 is 1.71 bits per heavy atom. The summed E-state index contributed by atoms with van der Waals surface area (Å²) in [6, 6.07) is 0.499. The Balaban J connectivity index is 1.51. The molecule has 3 rings (SSSR count). The van der Waals surface area contributed by atoms with Gasteiger partial charge in [-0.1, -0.05) is 0 Å². The zero-order valence-electron chi connectivity index (χ0n) is 12.9. The van der Waals surface area contributed by atoms with Crippen LogP contribution in [0.4, 0.5) is 4.79 Å². The molecule has 3 aliphatic heterocycles. The lowest BCUT2D eigenvalue weighted by molar-refractivity contribution is -0.146. The Bertz CT molecular complexity index is 427. The first-order chi connectivity index (χ1) is 10.00. The van der Waals surface area contributed by atoms with Crippen molar-refractivity contribution in [1.82, 2.24) is 15.1 Å². The van der Waals surface area contributed by atoms with Crippen molar-refractivity contribution < 1.29 is 9.59 Å². The fraction of sp³-hybridized carbons (Fsp3) is 0.867. The number of thioether (sulfide) groups is 1. The number of nitrogens with one attached hydrogen (secondary N) is 1. The monoisotopic (exact) mass is 311 g/mol. The first-order valence-corrected chi connectivity index (χ1v) is 9.08. The number of β-lactam (4-membered cyclic amide) rings is 1. The van der Waals surface area contributed by atoms with Crippen LogP contribution in [0, 0.1) is 11.3 Å². The molecule has 3 fully saturated rings. The molecule has 3 saturated heterocycles. The van der Waals surface area contributed by atoms with E-state index in [2.05, 4.69) is 5.32 Å². The summed E-state index contributed by atoms with van der Waals surface area (Å²) in [5.74, 6) is 2.80. The summed E-state index contributed by atoms with van der Waals surface area (Å²) in [5.41, 5.74) is -0.235. The molecule has 0 bridgehead atoms. The predicted octanol–water partition coefficient (Wildman–Crippen LogP) is 1.39. The second-order valence-electron chi connectivity index (χ2n) is 6.88. The third kappa shape index (κ3) is 2.74. The van der Waals surface area contributed by atoms with E-state index < -0.39 is 0 Å². The standard InChI is InChI=1S/C15H25N3O2S/c1-15(2)12(16-13(15)19)11-3-5-17(6-4-11)14(20)18-7-9-21-10-8-18/h11-12H,3-10H2,1-2H3,(H,16,19)/t12-/m1/s1. The molecular formula is C15H25N3O2S. The summed E-state index contributed by atoms with van der Waals surface area (Å²) in [6.07, 6.45) is 2.01. The SMILES string of the molecule is CC1(C)C(=O)N[C@@H]1C1CCN(C(=O)N2CCSCC2)CC1. The number of hydrogen-bond acceptors (Lipinski definition) is 3. The molecule has 3 aliphatic rings. The van der Waals surface area contributed by atoms with E-state index in [0.717, 1.165) is 50.5 Å². The number of hydrogen-bond donors (Lipinski definition) is 1. The molecule has 0 radical (unpaired) electrons. The van der Waals surface area contributed by atoms with Crippen LogP contribution in [0.1, 0.15) is 26.7 Å². The number of urea groups is 1. The maximum Gasteiger partial charge on any atom is 0.320 e. The van der Waals surface area contributed by atoms with E-state index >= 15 is 0 Å². The summed E-state index contributed by atoms with van der Waals surface area (Å²) < 4.78 is 0. The molecule has 118 valence electrons. The number of nitrogens with zero attached hydrogens (tertiary/aromatic N) is 2. The Labute approximate surface area is 130 Å². The normalized spacial score (nSPS) is 29.8. The van der Waals surface area contributed by atoms with E-state index in [1.165, 1.54) is 0 Å². The van der Waals surface area contributed by atoms with E-state index in [1.54, 1.807) is 0 Å². The Morgan fingerprint density at radius 1 is 1.14 bits per heavy atom. The van der Waals surface area contributed by atoms with Gasteiger partial charge in [0.25, 0.3) is 0 Å². The Hall–Kier alpha value is -0.910. The second kappa shape index (κ2) is 5.71. The highest BCUT2D eigenvalue weighted by molar-refractivity contribution is 7.99. The van der Waals surface area contributed by atoms with Crippen molar-refractivity contribution in [3.05, 3.63) is 0 Å². The lowest BCUT2D eigenvalue weighted by atomic mass is 9.68. The molecule has 3 amide bonds. The highest BCUT2D eigenvalue weighted by Gasteiger charge is 2.51. The number of rotatable bonds is 1. The number of amides is 3. The van der Waals surface area contributed by atoms with Gasteiger partial charge in [-0.2, -0.15) is 11.8 Å². The van der Waals surface area contributed by atoms with E-state index in [-0.39, 0.29) is 23.4 Å². The largest absolute Gasteiger partial charge is 0.351 e. The van der Waals surface area contributed by atoms with E-state index in [9.17, 15) is 9.59 Å². The molecule has 21 heavy (non-hydrogen) atoms. The molecule has 5 nitrogen and oxygen atoms in total. The summed E-state index contributed by atoms with van der Waals surface area (Å²) in [5, 5.41) is 3.05. The van der Waals surface area contributed by atoms with E-state index in [4.69, 9.17) is 0 Å². The third-order valence-electron chi connectivity index (χ3n) is 5.21. The average Bonchev–Trinajstić information content (AvgIpc) is 2.53. The van der Waals surface area contributed by atoms with Gasteiger partial charge < -0.3 is 15.1 Å². The molecule has 0 aromatic rings. The summed E-state index contributed by atoms with van der Waals surface area (Å²) in [6.45, 7) is 7.48. The van der Waals surface area contributed by atoms with Crippen LogP contribution in [0.25, 0.3) is 0 Å². The van der Waals surface area contributed by atoms with Crippen LogP contribution in [-0.4, -0.2) is 65.5 Å². The number of piperidine rings is 1. The second-order valence-corrected chi connectivity index (χ2v) is 8.10. The van der Waals surface area contributed by atoms with Crippen LogP contribution < -0.4 is 5.32 Å². The van der Waals surface area contributed by atoms with Crippen LogP contribution >= 0.6 is 11.8 Å². The van der Waals surface area contributed by atoms with Crippen LogP contribution in [0.15, 0.2) is 0 Å². The average molecular weight is 311 g/mol. The van der Waals surface area contributed by atoms with Crippen molar-refractivity contribution in [3.63, 3.8) is 0 Å². The fourth-order valence-electron chi connectivity index (χ4n) is 3.66. The summed E-state index contributed by atoms with van der Waals surface area (Å²) >= 11 is 1.92. The van der Waals surface area contributed by atoms with Gasteiger partial charge in [0.2, 0.25) is 5.91 Å². The van der Waals surface area contributed by atoms with Gasteiger partial charge in [-0.25, -0.2) is 4.79 Å². The van der Waals surface area contributed by atoms with Crippen LogP contribution in [-0.2, 0) is 4.79 Å².